The zero-order valence-electron chi connectivity index (χ0n) is 17.8. The van der Waals surface area contributed by atoms with E-state index in [9.17, 15) is 10.1 Å². The molecule has 7 heteroatoms. The van der Waals surface area contributed by atoms with Crippen molar-refractivity contribution in [2.24, 2.45) is 0 Å². The summed E-state index contributed by atoms with van der Waals surface area (Å²) in [5, 5.41) is 10.6. The van der Waals surface area contributed by atoms with Crippen LogP contribution in [-0.4, -0.2) is 19.6 Å². The Morgan fingerprint density at radius 2 is 1.91 bits per heavy atom. The summed E-state index contributed by atoms with van der Waals surface area (Å²) in [4.78, 5) is 14.7. The Kier molecular flexibility index (Phi) is 6.88. The van der Waals surface area contributed by atoms with Gasteiger partial charge in [0.25, 0.3) is 5.91 Å². The van der Waals surface area contributed by atoms with Crippen molar-refractivity contribution in [1.29, 1.82) is 5.26 Å². The topological polar surface area (TPSA) is 62.6 Å². The van der Waals surface area contributed by atoms with E-state index in [0.717, 1.165) is 23.2 Å². The van der Waals surface area contributed by atoms with Crippen molar-refractivity contribution in [1.82, 2.24) is 0 Å². The molecule has 166 valence electrons. The number of carbonyl (C=O) groups excluding carboxylic acids is 1. The van der Waals surface area contributed by atoms with Gasteiger partial charge in [0.05, 0.1) is 12.1 Å². The molecule has 1 amide bonds. The number of fused-ring (bicyclic) bond motifs is 1. The minimum Gasteiger partial charge on any atom is -0.493 e. The molecule has 0 saturated carbocycles. The van der Waals surface area contributed by atoms with Crippen molar-refractivity contribution >= 4 is 40.9 Å². The van der Waals surface area contributed by atoms with Gasteiger partial charge in [-0.2, -0.15) is 5.26 Å². The Morgan fingerprint density at radius 3 is 2.64 bits per heavy atom. The van der Waals surface area contributed by atoms with Crippen LogP contribution in [0.2, 0.25) is 10.0 Å². The minimum atomic E-state index is -0.347. The number of carbonyl (C=O) groups is 1. The summed E-state index contributed by atoms with van der Waals surface area (Å²) in [6, 6.07) is 20.4. The van der Waals surface area contributed by atoms with Crippen molar-refractivity contribution in [3.8, 4) is 17.6 Å². The third kappa shape index (κ3) is 4.98. The first kappa shape index (κ1) is 22.7. The summed E-state index contributed by atoms with van der Waals surface area (Å²) < 4.78 is 11.3. The molecule has 1 aliphatic rings. The molecule has 3 aromatic rings. The number of ether oxygens (including phenoxy) is 2. The monoisotopic (exact) mass is 478 g/mol. The number of halogens is 2. The highest BCUT2D eigenvalue weighted by molar-refractivity contribution is 6.32. The van der Waals surface area contributed by atoms with Crippen LogP contribution < -0.4 is 14.4 Å². The molecule has 1 heterocycles. The van der Waals surface area contributed by atoms with Crippen molar-refractivity contribution < 1.29 is 14.3 Å². The van der Waals surface area contributed by atoms with E-state index in [4.69, 9.17) is 32.7 Å². The van der Waals surface area contributed by atoms with E-state index >= 15 is 0 Å². The van der Waals surface area contributed by atoms with Crippen molar-refractivity contribution in [2.45, 2.75) is 13.0 Å². The molecule has 0 aliphatic carbocycles. The average Bonchev–Trinajstić information content (AvgIpc) is 3.26. The van der Waals surface area contributed by atoms with E-state index in [1.807, 2.05) is 42.5 Å². The number of nitriles is 1. The Hall–Kier alpha value is -3.46. The fourth-order valence-electron chi connectivity index (χ4n) is 3.70. The van der Waals surface area contributed by atoms with E-state index in [1.54, 1.807) is 29.2 Å². The van der Waals surface area contributed by atoms with Crippen LogP contribution in [0.1, 0.15) is 16.7 Å². The van der Waals surface area contributed by atoms with E-state index in [2.05, 4.69) is 0 Å². The van der Waals surface area contributed by atoms with Crippen LogP contribution in [-0.2, 0) is 17.8 Å². The molecule has 33 heavy (non-hydrogen) atoms. The molecule has 4 rings (SSSR count). The molecule has 5 nitrogen and oxygen atoms in total. The van der Waals surface area contributed by atoms with E-state index in [-0.39, 0.29) is 18.1 Å². The number of hydrogen-bond acceptors (Lipinski definition) is 4. The van der Waals surface area contributed by atoms with Gasteiger partial charge in [0.15, 0.2) is 11.5 Å². The maximum atomic E-state index is 13.1. The SMILES string of the molecule is COc1cc(/C=C(\C#N)C(=O)N2CCc3ccccc32)cc(Cl)c1OCc1ccc(Cl)cc1. The van der Waals surface area contributed by atoms with Crippen LogP contribution in [0, 0.1) is 11.3 Å². The lowest BCUT2D eigenvalue weighted by atomic mass is 10.1. The van der Waals surface area contributed by atoms with Gasteiger partial charge in [0.2, 0.25) is 0 Å². The molecule has 0 aromatic heterocycles. The lowest BCUT2D eigenvalue weighted by Gasteiger charge is -2.17. The number of para-hydroxylation sites is 1. The maximum Gasteiger partial charge on any atom is 0.268 e. The molecular formula is C26H20Cl2N2O3. The second-order valence-electron chi connectivity index (χ2n) is 7.45. The predicted molar refractivity (Wildman–Crippen MR) is 130 cm³/mol. The zero-order valence-corrected chi connectivity index (χ0v) is 19.4. The highest BCUT2D eigenvalue weighted by Gasteiger charge is 2.26. The van der Waals surface area contributed by atoms with Gasteiger partial charge in [-0.3, -0.25) is 4.79 Å². The Morgan fingerprint density at radius 1 is 1.15 bits per heavy atom. The predicted octanol–water partition coefficient (Wildman–Crippen LogP) is 6.08. The third-order valence-corrected chi connectivity index (χ3v) is 5.88. The molecule has 0 spiro atoms. The molecule has 0 unspecified atom stereocenters. The molecule has 0 saturated heterocycles. The van der Waals surface area contributed by atoms with Gasteiger partial charge in [-0.05, 0) is 59.5 Å². The Balaban J connectivity index is 1.58. The molecular weight excluding hydrogens is 459 g/mol. The quantitative estimate of drug-likeness (QED) is 0.318. The van der Waals surface area contributed by atoms with Crippen LogP contribution >= 0.6 is 23.2 Å². The molecule has 3 aromatic carbocycles. The standard InChI is InChI=1S/C26H20Cl2N2O3/c1-32-24-14-18(13-22(28)25(24)33-16-17-6-8-21(27)9-7-17)12-20(15-29)26(31)30-11-10-19-4-2-3-5-23(19)30/h2-9,12-14H,10-11,16H2,1H3/b20-12+. The smallest absolute Gasteiger partial charge is 0.268 e. The second kappa shape index (κ2) is 9.99. The lowest BCUT2D eigenvalue weighted by Crippen LogP contribution is -2.29. The van der Waals surface area contributed by atoms with Crippen LogP contribution in [0.15, 0.2) is 66.2 Å². The third-order valence-electron chi connectivity index (χ3n) is 5.34. The summed E-state index contributed by atoms with van der Waals surface area (Å²) in [7, 11) is 1.51. The highest BCUT2D eigenvalue weighted by Crippen LogP contribution is 2.38. The molecule has 0 bridgehead atoms. The summed E-state index contributed by atoms with van der Waals surface area (Å²) in [5.41, 5.74) is 3.43. The molecule has 0 fully saturated rings. The molecule has 0 radical (unpaired) electrons. The summed E-state index contributed by atoms with van der Waals surface area (Å²) in [6.07, 6.45) is 2.28. The van der Waals surface area contributed by atoms with Gasteiger partial charge in [-0.25, -0.2) is 0 Å². The van der Waals surface area contributed by atoms with Crippen LogP contribution in [0.3, 0.4) is 0 Å². The number of rotatable bonds is 6. The van der Waals surface area contributed by atoms with Gasteiger partial charge in [0.1, 0.15) is 18.2 Å². The largest absolute Gasteiger partial charge is 0.493 e. The van der Waals surface area contributed by atoms with Crippen LogP contribution in [0.5, 0.6) is 11.5 Å². The van der Waals surface area contributed by atoms with Gasteiger partial charge in [-0.15, -0.1) is 0 Å². The Labute approximate surface area is 202 Å². The van der Waals surface area contributed by atoms with Gasteiger partial charge < -0.3 is 14.4 Å². The summed E-state index contributed by atoms with van der Waals surface area (Å²) in [6.45, 7) is 0.817. The fourth-order valence-corrected chi connectivity index (χ4v) is 4.10. The lowest BCUT2D eigenvalue weighted by molar-refractivity contribution is -0.114. The van der Waals surface area contributed by atoms with Gasteiger partial charge in [0, 0.05) is 17.3 Å². The van der Waals surface area contributed by atoms with Crippen LogP contribution in [0.25, 0.3) is 6.08 Å². The number of nitrogens with zero attached hydrogens (tertiary/aromatic N) is 2. The highest BCUT2D eigenvalue weighted by atomic mass is 35.5. The first-order chi connectivity index (χ1) is 16.0. The van der Waals surface area contributed by atoms with Crippen molar-refractivity contribution in [3.63, 3.8) is 0 Å². The zero-order chi connectivity index (χ0) is 23.4. The number of methoxy groups -OCH3 is 1. The van der Waals surface area contributed by atoms with E-state index in [1.165, 1.54) is 13.2 Å². The van der Waals surface area contributed by atoms with E-state index < -0.39 is 0 Å². The van der Waals surface area contributed by atoms with Gasteiger partial charge in [-0.1, -0.05) is 53.5 Å². The first-order valence-electron chi connectivity index (χ1n) is 10.3. The second-order valence-corrected chi connectivity index (χ2v) is 8.30. The van der Waals surface area contributed by atoms with E-state index in [0.29, 0.717) is 33.7 Å². The molecule has 0 N–H and O–H groups in total. The first-order valence-corrected chi connectivity index (χ1v) is 11.0. The number of amides is 1. The maximum absolute atomic E-state index is 13.1. The molecule has 1 aliphatic heterocycles. The number of hydrogen-bond donors (Lipinski definition) is 0. The Bertz CT molecular complexity index is 1260. The van der Waals surface area contributed by atoms with Crippen molar-refractivity contribution in [2.75, 3.05) is 18.6 Å². The summed E-state index contributed by atoms with van der Waals surface area (Å²) >= 11 is 12.4. The number of benzene rings is 3. The van der Waals surface area contributed by atoms with Crippen molar-refractivity contribution in [3.05, 3.63) is 93.0 Å². The minimum absolute atomic E-state index is 0.0136. The normalized spacial score (nSPS) is 12.8. The van der Waals surface area contributed by atoms with Gasteiger partial charge >= 0.3 is 0 Å². The fraction of sp³-hybridized carbons (Fsp3) is 0.154. The summed E-state index contributed by atoms with van der Waals surface area (Å²) in [5.74, 6) is 0.434. The average molecular weight is 479 g/mol. The van der Waals surface area contributed by atoms with Crippen LogP contribution in [0.4, 0.5) is 5.69 Å². The molecule has 0 atom stereocenters. The number of anilines is 1.